The van der Waals surface area contributed by atoms with Crippen LogP contribution in [0.4, 0.5) is 4.79 Å². The van der Waals surface area contributed by atoms with Gasteiger partial charge in [0, 0.05) is 11.8 Å². The quantitative estimate of drug-likeness (QED) is 0.376. The Kier molecular flexibility index (Phi) is 8.51. The van der Waals surface area contributed by atoms with Gasteiger partial charge in [0.2, 0.25) is 11.8 Å². The monoisotopic (exact) mass is 673 g/mol. The number of oxazole rings is 1. The van der Waals surface area contributed by atoms with Gasteiger partial charge in [0.15, 0.2) is 0 Å². The molecule has 46 heavy (non-hydrogen) atoms. The Bertz CT molecular complexity index is 1660. The zero-order valence-corrected chi connectivity index (χ0v) is 28.0. The van der Waals surface area contributed by atoms with Crippen molar-refractivity contribution in [2.24, 2.45) is 17.8 Å². The lowest BCUT2D eigenvalue weighted by Crippen LogP contribution is -2.67. The zero-order valence-electron chi connectivity index (χ0n) is 26.4. The number of ether oxygens (including phenoxy) is 2. The van der Waals surface area contributed by atoms with Crippen molar-refractivity contribution in [3.05, 3.63) is 53.8 Å². The smallest absolute Gasteiger partial charge is 0.329 e. The van der Waals surface area contributed by atoms with E-state index >= 15 is 0 Å². The lowest BCUT2D eigenvalue weighted by atomic mass is 9.91. The lowest BCUT2D eigenvalue weighted by Gasteiger charge is -2.47. The molecule has 0 spiro atoms. The van der Waals surface area contributed by atoms with Gasteiger partial charge < -0.3 is 23.9 Å². The number of carbonyl (C=O) groups is 3. The molecule has 14 heteroatoms. The zero-order chi connectivity index (χ0) is 33.1. The summed E-state index contributed by atoms with van der Waals surface area (Å²) in [6.45, 7) is 4.48. The summed E-state index contributed by atoms with van der Waals surface area (Å²) in [5.74, 6) is -1.39. The maximum Gasteiger partial charge on any atom is 0.329 e. The number of thioether (sulfide) groups is 1. The Labute approximate surface area is 272 Å². The third-order valence-electron chi connectivity index (χ3n) is 10.0. The Morgan fingerprint density at radius 3 is 2.43 bits per heavy atom. The Morgan fingerprint density at radius 2 is 1.85 bits per heavy atom. The molecule has 3 heterocycles. The number of carboxylic acids is 1. The molecular formula is C32H39N3O9S2. The number of imide groups is 1. The minimum Gasteiger partial charge on any atom is -0.496 e. The SMILES string of the molecule is COc1ccccc1C(CN1C(=O)N(C(C)(C)C(=O)O)C(=O)C2C(C)=C(c3ncco3)SC21)OC1C[C@@H]2CC(S(C)(=O)=O)C[C@@H]2C1. The van der Waals surface area contributed by atoms with Gasteiger partial charge in [-0.2, -0.15) is 0 Å². The molecule has 2 aromatic rings. The number of para-hydroxylation sites is 1. The van der Waals surface area contributed by atoms with Crippen molar-refractivity contribution in [3.63, 3.8) is 0 Å². The average molecular weight is 674 g/mol. The fraction of sp³-hybridized carbons (Fsp3) is 0.562. The number of sulfone groups is 1. The second-order valence-corrected chi connectivity index (χ2v) is 16.7. The molecule has 3 fully saturated rings. The van der Waals surface area contributed by atoms with Crippen LogP contribution >= 0.6 is 11.8 Å². The van der Waals surface area contributed by atoms with Gasteiger partial charge in [0.1, 0.15) is 33.5 Å². The molecule has 2 aliphatic heterocycles. The molecule has 0 bridgehead atoms. The molecule has 12 nitrogen and oxygen atoms in total. The highest BCUT2D eigenvalue weighted by Gasteiger charge is 2.57. The van der Waals surface area contributed by atoms with Crippen molar-refractivity contribution in [3.8, 4) is 5.75 Å². The fourth-order valence-corrected chi connectivity index (χ4v) is 10.2. The van der Waals surface area contributed by atoms with Gasteiger partial charge in [-0.3, -0.25) is 4.79 Å². The molecular weight excluding hydrogens is 634 g/mol. The van der Waals surface area contributed by atoms with E-state index in [1.807, 2.05) is 24.3 Å². The van der Waals surface area contributed by atoms with Crippen molar-refractivity contribution in [2.75, 3.05) is 19.9 Å². The highest BCUT2D eigenvalue weighted by atomic mass is 32.2. The molecule has 1 saturated heterocycles. The number of hydrogen-bond donors (Lipinski definition) is 1. The molecule has 0 radical (unpaired) electrons. The number of nitrogens with zero attached hydrogens (tertiary/aromatic N) is 3. The molecule has 6 rings (SSSR count). The van der Waals surface area contributed by atoms with Gasteiger partial charge in [-0.05, 0) is 69.9 Å². The normalized spacial score (nSPS) is 28.9. The molecule has 1 aromatic heterocycles. The summed E-state index contributed by atoms with van der Waals surface area (Å²) in [6, 6.07) is 6.65. The summed E-state index contributed by atoms with van der Waals surface area (Å²) < 4.78 is 42.6. The Balaban J connectivity index is 1.35. The molecule has 1 N–H and O–H groups in total. The fourth-order valence-electron chi connectivity index (χ4n) is 7.53. The molecule has 2 aliphatic carbocycles. The molecule has 5 unspecified atom stereocenters. The van der Waals surface area contributed by atoms with Gasteiger partial charge in [0.25, 0.3) is 0 Å². The van der Waals surface area contributed by atoms with Crippen LogP contribution in [0.1, 0.15) is 64.0 Å². The summed E-state index contributed by atoms with van der Waals surface area (Å²) >= 11 is 1.29. The van der Waals surface area contributed by atoms with Gasteiger partial charge in [-0.25, -0.2) is 27.9 Å². The minimum atomic E-state index is -3.12. The first kappa shape index (κ1) is 32.6. The molecule has 1 aromatic carbocycles. The first-order valence-electron chi connectivity index (χ1n) is 15.3. The van der Waals surface area contributed by atoms with E-state index in [1.54, 1.807) is 14.0 Å². The van der Waals surface area contributed by atoms with Crippen LogP contribution in [-0.2, 0) is 24.2 Å². The maximum absolute atomic E-state index is 14.3. The van der Waals surface area contributed by atoms with Crippen LogP contribution in [0.2, 0.25) is 0 Å². The van der Waals surface area contributed by atoms with Crippen molar-refractivity contribution < 1.29 is 41.8 Å². The largest absolute Gasteiger partial charge is 0.496 e. The van der Waals surface area contributed by atoms with Crippen molar-refractivity contribution >= 4 is 44.4 Å². The minimum absolute atomic E-state index is 0.0107. The second kappa shape index (κ2) is 12.0. The topological polar surface area (TPSA) is 157 Å². The molecule has 2 saturated carbocycles. The number of aliphatic carboxylic acids is 1. The summed E-state index contributed by atoms with van der Waals surface area (Å²) in [7, 11) is -1.56. The number of aromatic nitrogens is 1. The average Bonchev–Trinajstić information content (AvgIpc) is 3.78. The Morgan fingerprint density at radius 1 is 1.17 bits per heavy atom. The van der Waals surface area contributed by atoms with Crippen LogP contribution in [0.5, 0.6) is 5.75 Å². The van der Waals surface area contributed by atoms with Gasteiger partial charge >= 0.3 is 12.0 Å². The second-order valence-electron chi connectivity index (χ2n) is 13.2. The number of benzene rings is 1. The number of amides is 3. The van der Waals surface area contributed by atoms with Crippen molar-refractivity contribution in [2.45, 2.75) is 74.8 Å². The third-order valence-corrected chi connectivity index (χ3v) is 13.1. The molecule has 7 atom stereocenters. The number of carboxylic acid groups (broad SMARTS) is 1. The summed E-state index contributed by atoms with van der Waals surface area (Å²) in [6.07, 6.45) is 5.99. The number of methoxy groups -OCH3 is 1. The van der Waals surface area contributed by atoms with Crippen LogP contribution in [-0.4, -0.2) is 88.4 Å². The van der Waals surface area contributed by atoms with Crippen LogP contribution < -0.4 is 4.74 Å². The highest BCUT2D eigenvalue weighted by molar-refractivity contribution is 8.09. The van der Waals surface area contributed by atoms with E-state index < -0.39 is 50.7 Å². The predicted molar refractivity (Wildman–Crippen MR) is 169 cm³/mol. The number of rotatable bonds is 10. The number of carbonyl (C=O) groups excluding carboxylic acids is 2. The Hall–Kier alpha value is -3.36. The van der Waals surface area contributed by atoms with Crippen LogP contribution in [0.15, 0.2) is 46.7 Å². The van der Waals surface area contributed by atoms with E-state index in [0.717, 1.165) is 4.90 Å². The van der Waals surface area contributed by atoms with Gasteiger partial charge in [-0.15, -0.1) is 0 Å². The van der Waals surface area contributed by atoms with Gasteiger partial charge in [-0.1, -0.05) is 30.0 Å². The van der Waals surface area contributed by atoms with Crippen LogP contribution in [0.3, 0.4) is 0 Å². The van der Waals surface area contributed by atoms with E-state index in [4.69, 9.17) is 13.9 Å². The van der Waals surface area contributed by atoms with E-state index in [0.29, 0.717) is 53.4 Å². The highest BCUT2D eigenvalue weighted by Crippen LogP contribution is 2.53. The van der Waals surface area contributed by atoms with Crippen molar-refractivity contribution in [1.29, 1.82) is 0 Å². The lowest BCUT2D eigenvalue weighted by molar-refractivity contribution is -0.157. The molecule has 248 valence electrons. The maximum atomic E-state index is 14.3. The van der Waals surface area contributed by atoms with E-state index in [1.165, 1.54) is 49.2 Å². The summed E-state index contributed by atoms with van der Waals surface area (Å²) in [5, 5.41) is 9.08. The van der Waals surface area contributed by atoms with E-state index in [-0.39, 0.29) is 29.7 Å². The van der Waals surface area contributed by atoms with E-state index in [2.05, 4.69) is 4.98 Å². The third kappa shape index (κ3) is 5.62. The number of hydrogen-bond acceptors (Lipinski definition) is 10. The number of urea groups is 1. The molecule has 4 aliphatic rings. The predicted octanol–water partition coefficient (Wildman–Crippen LogP) is 4.59. The first-order valence-corrected chi connectivity index (χ1v) is 18.2. The van der Waals surface area contributed by atoms with Crippen LogP contribution in [0.25, 0.3) is 4.91 Å². The van der Waals surface area contributed by atoms with Crippen LogP contribution in [0, 0.1) is 17.8 Å². The van der Waals surface area contributed by atoms with Crippen molar-refractivity contribution in [1.82, 2.24) is 14.8 Å². The standard InChI is InChI=1S/C32H39N3O9S2/c1-17-25-28(36)35(32(2,3)30(37)38)31(39)34(29(25)45-26(17)27-33-10-11-43-27)16-24(22-8-6-7-9-23(22)42-4)44-20-12-18-14-21(46(5,40)41)15-19(18)13-20/h6-11,18-21,24-25,29H,12-16H2,1-5H3,(H,37,38)/t18-,19+,20?,21?,24?,25?,29?. The van der Waals surface area contributed by atoms with Gasteiger partial charge in [0.05, 0.1) is 47.4 Å². The number of fused-ring (bicyclic) bond motifs is 2. The first-order chi connectivity index (χ1) is 21.7. The summed E-state index contributed by atoms with van der Waals surface area (Å²) in [5.41, 5.74) is -0.472. The molecule has 3 amide bonds. The van der Waals surface area contributed by atoms with E-state index in [9.17, 15) is 27.9 Å². The summed E-state index contributed by atoms with van der Waals surface area (Å²) in [4.78, 5) is 48.0.